The maximum absolute atomic E-state index is 12.9. The summed E-state index contributed by atoms with van der Waals surface area (Å²) in [4.78, 5) is 31.6. The normalized spacial score (nSPS) is 15.3. The molecule has 1 aliphatic rings. The Labute approximate surface area is 155 Å². The molecule has 0 radical (unpaired) electrons. The molecule has 2 amide bonds. The summed E-state index contributed by atoms with van der Waals surface area (Å²) in [5.41, 5.74) is 2.65. The molecule has 0 bridgehead atoms. The van der Waals surface area contributed by atoms with Crippen LogP contribution in [0.4, 0.5) is 4.79 Å². The lowest BCUT2D eigenvalue weighted by Crippen LogP contribution is -2.52. The monoisotopic (exact) mass is 375 g/mol. The van der Waals surface area contributed by atoms with E-state index in [1.165, 1.54) is 11.3 Å². The number of nitrogens with zero attached hydrogens (tertiary/aromatic N) is 2. The van der Waals surface area contributed by atoms with Crippen LogP contribution in [0.1, 0.15) is 10.4 Å². The molecule has 3 rings (SSSR count). The Morgan fingerprint density at radius 1 is 1.27 bits per heavy atom. The van der Waals surface area contributed by atoms with Gasteiger partial charge in [-0.1, -0.05) is 30.3 Å². The summed E-state index contributed by atoms with van der Waals surface area (Å²) in [5.74, 6) is -0.119. The molecule has 1 aliphatic heterocycles. The molecule has 26 heavy (non-hydrogen) atoms. The van der Waals surface area contributed by atoms with Gasteiger partial charge >= 0.3 is 6.09 Å². The molecule has 1 N–H and O–H groups in total. The van der Waals surface area contributed by atoms with Gasteiger partial charge in [0, 0.05) is 25.7 Å². The number of rotatable bonds is 6. The standard InChI is InChI=1S/C18H21N3O4S/c22-17(21-6-8-24-9-7-21)16(10-14-4-2-1-3-5-14)20-18(23)25-12-15-11-19-13-26-15/h1-5,11,13,16H,6-10,12H2,(H,20,23). The Hall–Kier alpha value is -2.45. The van der Waals surface area contributed by atoms with Crippen LogP contribution in [-0.4, -0.2) is 54.2 Å². The van der Waals surface area contributed by atoms with Crippen LogP contribution in [0.5, 0.6) is 0 Å². The van der Waals surface area contributed by atoms with E-state index in [0.29, 0.717) is 32.7 Å². The van der Waals surface area contributed by atoms with Gasteiger partial charge in [0.1, 0.15) is 12.6 Å². The number of benzene rings is 1. The van der Waals surface area contributed by atoms with Crippen LogP contribution < -0.4 is 5.32 Å². The molecule has 1 atom stereocenters. The molecule has 8 heteroatoms. The van der Waals surface area contributed by atoms with Gasteiger partial charge in [-0.15, -0.1) is 11.3 Å². The van der Waals surface area contributed by atoms with E-state index in [0.717, 1.165) is 10.4 Å². The number of ether oxygens (including phenoxy) is 2. The first-order valence-corrected chi connectivity index (χ1v) is 9.31. The number of carbonyl (C=O) groups excluding carboxylic acids is 2. The lowest BCUT2D eigenvalue weighted by molar-refractivity contribution is -0.137. The van der Waals surface area contributed by atoms with E-state index >= 15 is 0 Å². The Balaban J connectivity index is 1.63. The molecule has 2 heterocycles. The molecule has 0 aliphatic carbocycles. The average molecular weight is 375 g/mol. The highest BCUT2D eigenvalue weighted by Crippen LogP contribution is 2.10. The minimum Gasteiger partial charge on any atom is -0.444 e. The summed E-state index contributed by atoms with van der Waals surface area (Å²) in [7, 11) is 0. The SMILES string of the molecule is O=C(NC(Cc1ccccc1)C(=O)N1CCOCC1)OCc1cncs1. The van der Waals surface area contributed by atoms with Crippen molar-refractivity contribution in [1.29, 1.82) is 0 Å². The number of hydrogen-bond acceptors (Lipinski definition) is 6. The van der Waals surface area contributed by atoms with Gasteiger partial charge in [0.25, 0.3) is 0 Å². The first kappa shape index (κ1) is 18.3. The third kappa shape index (κ3) is 5.27. The van der Waals surface area contributed by atoms with Crippen LogP contribution >= 0.6 is 11.3 Å². The van der Waals surface area contributed by atoms with E-state index in [4.69, 9.17) is 9.47 Å². The van der Waals surface area contributed by atoms with Crippen LogP contribution in [-0.2, 0) is 27.3 Å². The fourth-order valence-electron chi connectivity index (χ4n) is 2.69. The van der Waals surface area contributed by atoms with E-state index in [9.17, 15) is 9.59 Å². The third-order valence-electron chi connectivity index (χ3n) is 4.02. The molecule has 7 nitrogen and oxygen atoms in total. The Bertz CT molecular complexity index is 702. The van der Waals surface area contributed by atoms with Crippen molar-refractivity contribution in [3.63, 3.8) is 0 Å². The summed E-state index contributed by atoms with van der Waals surface area (Å²) in [5, 5.41) is 2.72. The Morgan fingerprint density at radius 3 is 2.73 bits per heavy atom. The summed E-state index contributed by atoms with van der Waals surface area (Å²) in [6.45, 7) is 2.23. The number of morpholine rings is 1. The van der Waals surface area contributed by atoms with Gasteiger partial charge in [-0.3, -0.25) is 9.78 Å². The fourth-order valence-corrected chi connectivity index (χ4v) is 3.19. The predicted octanol–water partition coefficient (Wildman–Crippen LogP) is 1.84. The largest absolute Gasteiger partial charge is 0.444 e. The topological polar surface area (TPSA) is 80.8 Å². The molecule has 0 saturated carbocycles. The van der Waals surface area contributed by atoms with Crippen molar-refractivity contribution in [3.8, 4) is 0 Å². The average Bonchev–Trinajstić information content (AvgIpc) is 3.20. The van der Waals surface area contributed by atoms with E-state index in [1.807, 2.05) is 30.3 Å². The molecule has 1 saturated heterocycles. The summed E-state index contributed by atoms with van der Waals surface area (Å²) in [6, 6.07) is 8.93. The molecule has 2 aromatic rings. The first-order valence-electron chi connectivity index (χ1n) is 8.43. The molecule has 1 aromatic carbocycles. The van der Waals surface area contributed by atoms with Gasteiger partial charge in [-0.05, 0) is 5.56 Å². The highest BCUT2D eigenvalue weighted by atomic mass is 32.1. The van der Waals surface area contributed by atoms with Gasteiger partial charge in [-0.2, -0.15) is 0 Å². The van der Waals surface area contributed by atoms with Crippen molar-refractivity contribution in [2.24, 2.45) is 0 Å². The third-order valence-corrected chi connectivity index (χ3v) is 4.78. The maximum atomic E-state index is 12.9. The van der Waals surface area contributed by atoms with Gasteiger partial charge < -0.3 is 19.7 Å². The van der Waals surface area contributed by atoms with Crippen molar-refractivity contribution in [2.75, 3.05) is 26.3 Å². The summed E-state index contributed by atoms with van der Waals surface area (Å²) in [6.07, 6.45) is 1.45. The van der Waals surface area contributed by atoms with Crippen LogP contribution in [0.2, 0.25) is 0 Å². The molecule has 1 unspecified atom stereocenters. The second-order valence-corrected chi connectivity index (χ2v) is 6.84. The zero-order chi connectivity index (χ0) is 18.2. The minimum absolute atomic E-state index is 0.119. The molecule has 0 spiro atoms. The van der Waals surface area contributed by atoms with E-state index in [2.05, 4.69) is 10.3 Å². The van der Waals surface area contributed by atoms with Crippen LogP contribution in [0.3, 0.4) is 0 Å². The summed E-state index contributed by atoms with van der Waals surface area (Å²) >= 11 is 1.41. The second-order valence-electron chi connectivity index (χ2n) is 5.87. The minimum atomic E-state index is -0.676. The number of aromatic nitrogens is 1. The number of thiazole rings is 1. The number of alkyl carbamates (subject to hydrolysis) is 1. The summed E-state index contributed by atoms with van der Waals surface area (Å²) < 4.78 is 10.5. The Morgan fingerprint density at radius 2 is 2.04 bits per heavy atom. The zero-order valence-electron chi connectivity index (χ0n) is 14.3. The molecule has 138 valence electrons. The number of nitrogens with one attached hydrogen (secondary N) is 1. The van der Waals surface area contributed by atoms with Crippen LogP contribution in [0.25, 0.3) is 0 Å². The number of amides is 2. The lowest BCUT2D eigenvalue weighted by atomic mass is 10.0. The van der Waals surface area contributed by atoms with Gasteiger partial charge in [0.2, 0.25) is 5.91 Å². The molecular formula is C18H21N3O4S. The maximum Gasteiger partial charge on any atom is 0.408 e. The fraction of sp³-hybridized carbons (Fsp3) is 0.389. The highest BCUT2D eigenvalue weighted by Gasteiger charge is 2.28. The first-order chi connectivity index (χ1) is 12.7. The van der Waals surface area contributed by atoms with Crippen molar-refractivity contribution in [2.45, 2.75) is 19.1 Å². The molecule has 1 aromatic heterocycles. The second kappa shape index (κ2) is 9.30. The number of hydrogen-bond donors (Lipinski definition) is 1. The van der Waals surface area contributed by atoms with Gasteiger partial charge in [-0.25, -0.2) is 4.79 Å². The molecule has 1 fully saturated rings. The van der Waals surface area contributed by atoms with E-state index in [1.54, 1.807) is 16.6 Å². The van der Waals surface area contributed by atoms with Gasteiger partial charge in [0.15, 0.2) is 0 Å². The quantitative estimate of drug-likeness (QED) is 0.833. The number of carbonyl (C=O) groups is 2. The van der Waals surface area contributed by atoms with E-state index < -0.39 is 12.1 Å². The molecular weight excluding hydrogens is 354 g/mol. The van der Waals surface area contributed by atoms with Crippen molar-refractivity contribution in [3.05, 3.63) is 52.5 Å². The Kier molecular flexibility index (Phi) is 6.56. The smallest absolute Gasteiger partial charge is 0.408 e. The van der Waals surface area contributed by atoms with Crippen molar-refractivity contribution in [1.82, 2.24) is 15.2 Å². The lowest BCUT2D eigenvalue weighted by Gasteiger charge is -2.30. The zero-order valence-corrected chi connectivity index (χ0v) is 15.1. The predicted molar refractivity (Wildman–Crippen MR) is 96.8 cm³/mol. The van der Waals surface area contributed by atoms with Gasteiger partial charge in [0.05, 0.1) is 23.6 Å². The van der Waals surface area contributed by atoms with Crippen LogP contribution in [0.15, 0.2) is 42.0 Å². The highest BCUT2D eigenvalue weighted by molar-refractivity contribution is 7.09. The van der Waals surface area contributed by atoms with Crippen LogP contribution in [0, 0.1) is 0 Å². The van der Waals surface area contributed by atoms with Crippen molar-refractivity contribution >= 4 is 23.3 Å². The van der Waals surface area contributed by atoms with Crippen molar-refractivity contribution < 1.29 is 19.1 Å². The van der Waals surface area contributed by atoms with E-state index in [-0.39, 0.29) is 12.5 Å².